The summed E-state index contributed by atoms with van der Waals surface area (Å²) in [6.07, 6.45) is 4.07. The third-order valence-electron chi connectivity index (χ3n) is 3.49. The van der Waals surface area contributed by atoms with E-state index in [0.29, 0.717) is 18.0 Å². The minimum Gasteiger partial charge on any atom is -0.489 e. The van der Waals surface area contributed by atoms with Crippen LogP contribution in [-0.2, 0) is 0 Å². The molecular formula is C15H22N2O3. The van der Waals surface area contributed by atoms with Crippen LogP contribution < -0.4 is 10.1 Å². The van der Waals surface area contributed by atoms with Crippen LogP contribution in [0.15, 0.2) is 18.3 Å². The molecule has 0 saturated heterocycles. The Morgan fingerprint density at radius 2 is 2.35 bits per heavy atom. The van der Waals surface area contributed by atoms with Gasteiger partial charge >= 0.3 is 0 Å². The lowest BCUT2D eigenvalue weighted by Gasteiger charge is -2.16. The van der Waals surface area contributed by atoms with E-state index in [4.69, 9.17) is 4.74 Å². The number of aliphatic hydroxyl groups is 1. The molecule has 0 aromatic carbocycles. The Hall–Kier alpha value is -1.62. The molecule has 2 N–H and O–H groups in total. The molecule has 20 heavy (non-hydrogen) atoms. The Balaban J connectivity index is 1.98. The zero-order chi connectivity index (χ0) is 14.5. The second kappa shape index (κ2) is 6.70. The molecule has 1 saturated carbocycles. The summed E-state index contributed by atoms with van der Waals surface area (Å²) in [5.41, 5.74) is 0.300. The van der Waals surface area contributed by atoms with Crippen molar-refractivity contribution >= 4 is 5.91 Å². The number of aromatic nitrogens is 1. The maximum Gasteiger partial charge on any atom is 0.273 e. The first-order valence-corrected chi connectivity index (χ1v) is 7.16. The lowest BCUT2D eigenvalue weighted by Crippen LogP contribution is -2.33. The van der Waals surface area contributed by atoms with E-state index < -0.39 is 0 Å². The van der Waals surface area contributed by atoms with Crippen molar-refractivity contribution in [2.24, 2.45) is 5.92 Å². The molecule has 0 aliphatic heterocycles. The number of rotatable bonds is 5. The van der Waals surface area contributed by atoms with Crippen LogP contribution in [0.2, 0.25) is 0 Å². The van der Waals surface area contributed by atoms with Crippen molar-refractivity contribution in [3.8, 4) is 5.75 Å². The zero-order valence-corrected chi connectivity index (χ0v) is 12.0. The van der Waals surface area contributed by atoms with Crippen molar-refractivity contribution in [1.82, 2.24) is 10.3 Å². The van der Waals surface area contributed by atoms with Gasteiger partial charge in [-0.25, -0.2) is 4.98 Å². The van der Waals surface area contributed by atoms with Crippen LogP contribution in [-0.4, -0.2) is 34.8 Å². The van der Waals surface area contributed by atoms with Gasteiger partial charge in [0.25, 0.3) is 5.91 Å². The number of nitrogens with one attached hydrogen (secondary N) is 1. The highest BCUT2D eigenvalue weighted by Crippen LogP contribution is 2.25. The fraction of sp³-hybridized carbons (Fsp3) is 0.600. The topological polar surface area (TPSA) is 71.5 Å². The maximum absolute atomic E-state index is 12.2. The highest BCUT2D eigenvalue weighted by Gasteiger charge is 2.26. The number of nitrogens with zero attached hydrogens (tertiary/aromatic N) is 1. The van der Waals surface area contributed by atoms with Gasteiger partial charge in [0.05, 0.1) is 12.2 Å². The summed E-state index contributed by atoms with van der Waals surface area (Å²) in [6.45, 7) is 4.30. The van der Waals surface area contributed by atoms with Crippen LogP contribution in [0.4, 0.5) is 0 Å². The lowest BCUT2D eigenvalue weighted by molar-refractivity contribution is 0.0906. The molecule has 1 heterocycles. The Morgan fingerprint density at radius 3 is 3.00 bits per heavy atom. The number of hydrogen-bond acceptors (Lipinski definition) is 4. The van der Waals surface area contributed by atoms with Crippen LogP contribution in [0.3, 0.4) is 0 Å². The number of carbonyl (C=O) groups is 1. The SMILES string of the molecule is CC(C)Oc1cccnc1C(=O)NCC1CCCC1O. The van der Waals surface area contributed by atoms with E-state index in [1.807, 2.05) is 13.8 Å². The van der Waals surface area contributed by atoms with E-state index in [0.717, 1.165) is 19.3 Å². The van der Waals surface area contributed by atoms with Gasteiger partial charge in [0.2, 0.25) is 0 Å². The summed E-state index contributed by atoms with van der Waals surface area (Å²) >= 11 is 0. The van der Waals surface area contributed by atoms with E-state index in [2.05, 4.69) is 10.3 Å². The minimum absolute atomic E-state index is 0.0117. The van der Waals surface area contributed by atoms with E-state index in [1.165, 1.54) is 0 Å². The molecule has 2 atom stereocenters. The zero-order valence-electron chi connectivity index (χ0n) is 12.0. The summed E-state index contributed by atoms with van der Waals surface area (Å²) in [7, 11) is 0. The molecule has 0 bridgehead atoms. The molecule has 1 aliphatic rings. The number of hydrogen-bond donors (Lipinski definition) is 2. The predicted molar refractivity (Wildman–Crippen MR) is 75.7 cm³/mol. The smallest absolute Gasteiger partial charge is 0.273 e. The Morgan fingerprint density at radius 1 is 1.55 bits per heavy atom. The quantitative estimate of drug-likeness (QED) is 0.861. The average Bonchev–Trinajstić information content (AvgIpc) is 2.81. The second-order valence-corrected chi connectivity index (χ2v) is 5.49. The number of aliphatic hydroxyl groups excluding tert-OH is 1. The molecule has 5 nitrogen and oxygen atoms in total. The standard InChI is InChI=1S/C15H22N2O3/c1-10(2)20-13-7-4-8-16-14(13)15(19)17-9-11-5-3-6-12(11)18/h4,7-8,10-12,18H,3,5-6,9H2,1-2H3,(H,17,19). The van der Waals surface area contributed by atoms with E-state index in [1.54, 1.807) is 18.3 Å². The normalized spacial score (nSPS) is 22.0. The van der Waals surface area contributed by atoms with Gasteiger partial charge in [-0.2, -0.15) is 0 Å². The number of carbonyl (C=O) groups excluding carboxylic acids is 1. The van der Waals surface area contributed by atoms with Gasteiger partial charge in [-0.05, 0) is 38.8 Å². The van der Waals surface area contributed by atoms with Crippen LogP contribution in [0.25, 0.3) is 0 Å². The Labute approximate surface area is 119 Å². The molecule has 1 aromatic heterocycles. The monoisotopic (exact) mass is 278 g/mol. The third kappa shape index (κ3) is 3.70. The van der Waals surface area contributed by atoms with E-state index in [-0.39, 0.29) is 24.0 Å². The summed E-state index contributed by atoms with van der Waals surface area (Å²) in [5.74, 6) is 0.393. The average molecular weight is 278 g/mol. The lowest BCUT2D eigenvalue weighted by atomic mass is 10.1. The van der Waals surface area contributed by atoms with Gasteiger partial charge < -0.3 is 15.2 Å². The molecular weight excluding hydrogens is 256 g/mol. The van der Waals surface area contributed by atoms with E-state index in [9.17, 15) is 9.90 Å². The van der Waals surface area contributed by atoms with Gasteiger partial charge in [-0.3, -0.25) is 4.79 Å². The van der Waals surface area contributed by atoms with Gasteiger partial charge in [0, 0.05) is 18.7 Å². The number of pyridine rings is 1. The molecule has 1 aromatic rings. The van der Waals surface area contributed by atoms with Crippen LogP contribution in [0, 0.1) is 5.92 Å². The fourth-order valence-corrected chi connectivity index (χ4v) is 2.47. The summed E-state index contributed by atoms with van der Waals surface area (Å²) in [4.78, 5) is 16.3. The summed E-state index contributed by atoms with van der Waals surface area (Å²) in [5, 5.41) is 12.6. The minimum atomic E-state index is -0.301. The first-order chi connectivity index (χ1) is 9.58. The van der Waals surface area contributed by atoms with Crippen LogP contribution in [0.1, 0.15) is 43.6 Å². The van der Waals surface area contributed by atoms with Crippen molar-refractivity contribution in [2.75, 3.05) is 6.54 Å². The molecule has 1 amide bonds. The van der Waals surface area contributed by atoms with E-state index >= 15 is 0 Å². The van der Waals surface area contributed by atoms with Crippen molar-refractivity contribution in [2.45, 2.75) is 45.3 Å². The largest absolute Gasteiger partial charge is 0.489 e. The molecule has 110 valence electrons. The van der Waals surface area contributed by atoms with Crippen molar-refractivity contribution in [3.63, 3.8) is 0 Å². The molecule has 1 aliphatic carbocycles. The molecule has 0 radical (unpaired) electrons. The van der Waals surface area contributed by atoms with Gasteiger partial charge in [0.15, 0.2) is 11.4 Å². The van der Waals surface area contributed by atoms with Crippen LogP contribution >= 0.6 is 0 Å². The summed E-state index contributed by atoms with van der Waals surface area (Å²) in [6, 6.07) is 3.49. The highest BCUT2D eigenvalue weighted by atomic mass is 16.5. The summed E-state index contributed by atoms with van der Waals surface area (Å²) < 4.78 is 5.59. The fourth-order valence-electron chi connectivity index (χ4n) is 2.47. The molecule has 1 fully saturated rings. The Kier molecular flexibility index (Phi) is 4.95. The van der Waals surface area contributed by atoms with Gasteiger partial charge in [-0.1, -0.05) is 6.42 Å². The first-order valence-electron chi connectivity index (χ1n) is 7.16. The number of amides is 1. The highest BCUT2D eigenvalue weighted by molar-refractivity contribution is 5.94. The van der Waals surface area contributed by atoms with Crippen molar-refractivity contribution in [1.29, 1.82) is 0 Å². The Bertz CT molecular complexity index is 462. The molecule has 5 heteroatoms. The van der Waals surface area contributed by atoms with Crippen molar-refractivity contribution in [3.05, 3.63) is 24.0 Å². The van der Waals surface area contributed by atoms with Gasteiger partial charge in [0.1, 0.15) is 0 Å². The van der Waals surface area contributed by atoms with Crippen molar-refractivity contribution < 1.29 is 14.6 Å². The second-order valence-electron chi connectivity index (χ2n) is 5.49. The first kappa shape index (κ1) is 14.8. The molecule has 2 unspecified atom stereocenters. The molecule has 2 rings (SSSR count). The van der Waals surface area contributed by atoms with Crippen LogP contribution in [0.5, 0.6) is 5.75 Å². The predicted octanol–water partition coefficient (Wildman–Crippen LogP) is 1.76. The molecule has 0 spiro atoms. The maximum atomic E-state index is 12.2. The van der Waals surface area contributed by atoms with Gasteiger partial charge in [-0.15, -0.1) is 0 Å². The number of ether oxygens (including phenoxy) is 1. The third-order valence-corrected chi connectivity index (χ3v) is 3.49.